The number of benzene rings is 3. The normalized spacial score (nSPS) is 12.3. The second-order valence-electron chi connectivity index (χ2n) is 7.85. The number of nitrogens with zero attached hydrogens (tertiary/aromatic N) is 2. The van der Waals surface area contributed by atoms with E-state index in [0.717, 1.165) is 28.1 Å². The van der Waals surface area contributed by atoms with Gasteiger partial charge in [-0.1, -0.05) is 71.2 Å². The Bertz CT molecular complexity index is 1260. The topological polar surface area (TPSA) is 77.9 Å². The number of alkyl halides is 3. The largest absolute Gasteiger partial charge is 0.339 e. The third-order valence-corrected chi connectivity index (χ3v) is 5.99. The van der Waals surface area contributed by atoms with Crippen LogP contribution < -0.4 is 16.0 Å². The number of hydrogen-bond donors (Lipinski definition) is 3. The number of carbonyl (C=O) groups excluding carboxylic acids is 1. The van der Waals surface area contributed by atoms with Gasteiger partial charge in [-0.2, -0.15) is 10.2 Å². The first-order valence-electron chi connectivity index (χ1n) is 10.6. The van der Waals surface area contributed by atoms with E-state index >= 15 is 0 Å². The van der Waals surface area contributed by atoms with E-state index in [9.17, 15) is 4.79 Å². The summed E-state index contributed by atoms with van der Waals surface area (Å²) in [6.07, 6.45) is -1.08. The molecule has 0 radical (unpaired) electrons. The van der Waals surface area contributed by atoms with Crippen molar-refractivity contribution in [2.75, 3.05) is 5.32 Å². The van der Waals surface area contributed by atoms with Crippen LogP contribution in [0.3, 0.4) is 0 Å². The third-order valence-electron chi connectivity index (χ3n) is 5.11. The molecule has 1 amide bonds. The maximum Gasteiger partial charge on any atom is 0.253 e. The fourth-order valence-corrected chi connectivity index (χ4v) is 3.72. The molecule has 0 spiro atoms. The standard InChI is InChI=1S/C25H24Cl3N5OS/c1-15-8-4-6-10-19(15)22(34)30-23(25(26,27)28)31-24(35)29-20-13-12-18(14-17(20)3)32-33-21-11-7-5-9-16(21)2/h4-14,23H,1-3H3,(H,30,34)(H2,29,31,35). The van der Waals surface area contributed by atoms with Gasteiger partial charge in [0.2, 0.25) is 3.79 Å². The lowest BCUT2D eigenvalue weighted by atomic mass is 10.1. The molecule has 3 N–H and O–H groups in total. The SMILES string of the molecule is Cc1ccccc1N=Nc1ccc(NC(=S)NC(NC(=O)c2ccccc2C)C(Cl)(Cl)Cl)c(C)c1. The summed E-state index contributed by atoms with van der Waals surface area (Å²) in [5, 5.41) is 17.4. The van der Waals surface area contributed by atoms with Gasteiger partial charge in [-0.25, -0.2) is 0 Å². The second-order valence-corrected chi connectivity index (χ2v) is 10.6. The average molecular weight is 549 g/mol. The lowest BCUT2D eigenvalue weighted by Gasteiger charge is -2.28. The summed E-state index contributed by atoms with van der Waals surface area (Å²) in [6.45, 7) is 5.71. The number of hydrogen-bond acceptors (Lipinski definition) is 4. The van der Waals surface area contributed by atoms with Gasteiger partial charge in [-0.3, -0.25) is 4.79 Å². The van der Waals surface area contributed by atoms with Gasteiger partial charge in [0.15, 0.2) is 5.11 Å². The number of anilines is 1. The van der Waals surface area contributed by atoms with E-state index in [2.05, 4.69) is 26.2 Å². The lowest BCUT2D eigenvalue weighted by molar-refractivity contribution is 0.0934. The van der Waals surface area contributed by atoms with Gasteiger partial charge in [0.1, 0.15) is 6.17 Å². The number of nitrogens with one attached hydrogen (secondary N) is 3. The minimum atomic E-state index is -1.86. The first-order chi connectivity index (χ1) is 16.5. The van der Waals surface area contributed by atoms with Gasteiger partial charge in [-0.15, -0.1) is 0 Å². The zero-order valence-corrected chi connectivity index (χ0v) is 22.4. The van der Waals surface area contributed by atoms with Gasteiger partial charge >= 0.3 is 0 Å². The molecule has 10 heteroatoms. The number of halogens is 3. The number of aryl methyl sites for hydroxylation is 3. The molecule has 3 rings (SSSR count). The number of rotatable bonds is 6. The Kier molecular flexibility index (Phi) is 9.08. The molecule has 0 saturated heterocycles. The highest BCUT2D eigenvalue weighted by atomic mass is 35.6. The number of carbonyl (C=O) groups is 1. The smallest absolute Gasteiger partial charge is 0.253 e. The molecule has 0 bridgehead atoms. The van der Waals surface area contributed by atoms with E-state index in [1.807, 2.05) is 75.4 Å². The monoisotopic (exact) mass is 547 g/mol. The average Bonchev–Trinajstić information content (AvgIpc) is 2.79. The molecule has 0 aromatic heterocycles. The van der Waals surface area contributed by atoms with E-state index in [-0.39, 0.29) is 5.11 Å². The van der Waals surface area contributed by atoms with Crippen molar-refractivity contribution in [1.82, 2.24) is 10.6 Å². The predicted molar refractivity (Wildman–Crippen MR) is 149 cm³/mol. The molecule has 3 aromatic rings. The van der Waals surface area contributed by atoms with Crippen molar-refractivity contribution in [3.63, 3.8) is 0 Å². The second kappa shape index (κ2) is 11.8. The summed E-state index contributed by atoms with van der Waals surface area (Å²) >= 11 is 23.7. The lowest BCUT2D eigenvalue weighted by Crippen LogP contribution is -2.56. The first-order valence-corrected chi connectivity index (χ1v) is 12.2. The molecule has 3 aromatic carbocycles. The Morgan fingerprint density at radius 2 is 1.51 bits per heavy atom. The van der Waals surface area contributed by atoms with Crippen LogP contribution in [0.1, 0.15) is 27.0 Å². The Labute approximate surface area is 225 Å². The van der Waals surface area contributed by atoms with Gasteiger partial charge in [-0.05, 0) is 80.0 Å². The van der Waals surface area contributed by atoms with Crippen molar-refractivity contribution < 1.29 is 4.79 Å². The summed E-state index contributed by atoms with van der Waals surface area (Å²) in [7, 11) is 0. The van der Waals surface area contributed by atoms with E-state index in [1.54, 1.807) is 12.1 Å². The quantitative estimate of drug-likeness (QED) is 0.129. The molecule has 1 unspecified atom stereocenters. The Morgan fingerprint density at radius 3 is 2.14 bits per heavy atom. The zero-order valence-electron chi connectivity index (χ0n) is 19.3. The summed E-state index contributed by atoms with van der Waals surface area (Å²) in [5.41, 5.74) is 5.42. The maximum atomic E-state index is 12.7. The molecule has 1 atom stereocenters. The van der Waals surface area contributed by atoms with Gasteiger partial charge in [0.05, 0.1) is 11.4 Å². The van der Waals surface area contributed by atoms with Crippen LogP contribution in [0.4, 0.5) is 17.1 Å². The number of thiocarbonyl (C=S) groups is 1. The highest BCUT2D eigenvalue weighted by Gasteiger charge is 2.35. The molecule has 0 saturated carbocycles. The summed E-state index contributed by atoms with van der Waals surface area (Å²) in [6, 6.07) is 20.4. The van der Waals surface area contributed by atoms with Gasteiger partial charge < -0.3 is 16.0 Å². The Hall–Kier alpha value is -2.71. The molecule has 0 aliphatic carbocycles. The maximum absolute atomic E-state index is 12.7. The molecule has 0 fully saturated rings. The fourth-order valence-electron chi connectivity index (χ4n) is 3.16. The summed E-state index contributed by atoms with van der Waals surface area (Å²) in [5.74, 6) is -0.394. The summed E-state index contributed by atoms with van der Waals surface area (Å²) in [4.78, 5) is 12.7. The fraction of sp³-hybridized carbons (Fsp3) is 0.200. The van der Waals surface area contributed by atoms with Crippen LogP contribution in [-0.4, -0.2) is 21.0 Å². The molecule has 0 aliphatic heterocycles. The van der Waals surface area contributed by atoms with Crippen LogP contribution in [0, 0.1) is 20.8 Å². The number of azo groups is 1. The van der Waals surface area contributed by atoms with Gasteiger partial charge in [0.25, 0.3) is 5.91 Å². The van der Waals surface area contributed by atoms with Crippen LogP contribution in [0.5, 0.6) is 0 Å². The van der Waals surface area contributed by atoms with Crippen molar-refractivity contribution in [2.45, 2.75) is 30.7 Å². The zero-order chi connectivity index (χ0) is 25.6. The molecule has 35 heavy (non-hydrogen) atoms. The molecule has 6 nitrogen and oxygen atoms in total. The van der Waals surface area contributed by atoms with Crippen LogP contribution in [-0.2, 0) is 0 Å². The van der Waals surface area contributed by atoms with Gasteiger partial charge in [0, 0.05) is 11.3 Å². The minimum Gasteiger partial charge on any atom is -0.339 e. The van der Waals surface area contributed by atoms with Crippen molar-refractivity contribution >= 4 is 75.1 Å². The van der Waals surface area contributed by atoms with Crippen molar-refractivity contribution in [2.24, 2.45) is 10.2 Å². The third kappa shape index (κ3) is 7.64. The van der Waals surface area contributed by atoms with Crippen molar-refractivity contribution in [1.29, 1.82) is 0 Å². The Morgan fingerprint density at radius 1 is 0.857 bits per heavy atom. The molecule has 0 heterocycles. The molecule has 182 valence electrons. The summed E-state index contributed by atoms with van der Waals surface area (Å²) < 4.78 is -1.86. The molecular weight excluding hydrogens is 525 g/mol. The molecule has 0 aliphatic rings. The van der Waals surface area contributed by atoms with Crippen LogP contribution in [0.25, 0.3) is 0 Å². The van der Waals surface area contributed by atoms with E-state index < -0.39 is 15.9 Å². The first kappa shape index (κ1) is 26.9. The minimum absolute atomic E-state index is 0.170. The highest BCUT2D eigenvalue weighted by Crippen LogP contribution is 2.30. The highest BCUT2D eigenvalue weighted by molar-refractivity contribution is 7.80. The van der Waals surface area contributed by atoms with E-state index in [0.29, 0.717) is 11.3 Å². The number of amides is 1. The van der Waals surface area contributed by atoms with Crippen LogP contribution in [0.15, 0.2) is 77.0 Å². The Balaban J connectivity index is 1.68. The van der Waals surface area contributed by atoms with E-state index in [1.165, 1.54) is 0 Å². The van der Waals surface area contributed by atoms with Crippen molar-refractivity contribution in [3.8, 4) is 0 Å². The van der Waals surface area contributed by atoms with E-state index in [4.69, 9.17) is 47.0 Å². The van der Waals surface area contributed by atoms with Crippen LogP contribution >= 0.6 is 47.0 Å². The van der Waals surface area contributed by atoms with Crippen molar-refractivity contribution in [3.05, 3.63) is 89.0 Å². The predicted octanol–water partition coefficient (Wildman–Crippen LogP) is 7.44. The van der Waals surface area contributed by atoms with Crippen LogP contribution in [0.2, 0.25) is 0 Å². The molecular formula is C25H24Cl3N5OS.